The number of carbonyl (C=O) groups is 3. The van der Waals surface area contributed by atoms with Crippen molar-refractivity contribution in [2.75, 3.05) is 0 Å². The molecule has 0 unspecified atom stereocenters. The fraction of sp³-hybridized carbons (Fsp3) is 0.682. The van der Waals surface area contributed by atoms with E-state index in [0.717, 1.165) is 18.4 Å². The van der Waals surface area contributed by atoms with E-state index in [1.54, 1.807) is 13.0 Å². The molecule has 5 nitrogen and oxygen atoms in total. The largest absolute Gasteiger partial charge is 0.481 e. The Labute approximate surface area is 159 Å². The number of ketones is 2. The molecule has 4 aliphatic rings. The van der Waals surface area contributed by atoms with Gasteiger partial charge in [-0.3, -0.25) is 14.4 Å². The minimum atomic E-state index is -1.00. The summed E-state index contributed by atoms with van der Waals surface area (Å²) < 4.78 is 0. The lowest BCUT2D eigenvalue weighted by Gasteiger charge is -2.55. The first-order chi connectivity index (χ1) is 12.6. The molecule has 0 aromatic rings. The van der Waals surface area contributed by atoms with Crippen LogP contribution in [-0.4, -0.2) is 33.9 Å². The fourth-order valence-corrected chi connectivity index (χ4v) is 6.79. The summed E-state index contributed by atoms with van der Waals surface area (Å²) in [5.41, 5.74) is -0.0755. The first-order valence-corrected chi connectivity index (χ1v) is 9.99. The number of rotatable bonds is 2. The zero-order valence-electron chi connectivity index (χ0n) is 16.1. The van der Waals surface area contributed by atoms with Gasteiger partial charge in [-0.15, -0.1) is 0 Å². The maximum Gasteiger partial charge on any atom is 0.306 e. The SMILES string of the molecule is C[C@H](C(=O)O)[C@H]1CC[C@H]2[C@@H]3C=CC4=CC(=O)[C@@H](O)C[C@]4(C)[C@H]3CC(=O)[C@]12C. The molecule has 0 heterocycles. The molecule has 8 atom stereocenters. The van der Waals surface area contributed by atoms with Gasteiger partial charge in [0.25, 0.3) is 0 Å². The molecule has 0 aromatic carbocycles. The first kappa shape index (κ1) is 18.6. The molecule has 27 heavy (non-hydrogen) atoms. The van der Waals surface area contributed by atoms with E-state index in [2.05, 4.69) is 13.0 Å². The van der Waals surface area contributed by atoms with Gasteiger partial charge in [0.15, 0.2) is 5.78 Å². The lowest BCUT2D eigenvalue weighted by molar-refractivity contribution is -0.152. The van der Waals surface area contributed by atoms with Gasteiger partial charge in [0.2, 0.25) is 0 Å². The van der Waals surface area contributed by atoms with Gasteiger partial charge in [-0.25, -0.2) is 0 Å². The summed E-state index contributed by atoms with van der Waals surface area (Å²) in [6, 6.07) is 0. The van der Waals surface area contributed by atoms with Crippen LogP contribution in [0.5, 0.6) is 0 Å². The van der Waals surface area contributed by atoms with E-state index >= 15 is 0 Å². The van der Waals surface area contributed by atoms with E-state index in [4.69, 9.17) is 0 Å². The molecule has 0 saturated heterocycles. The molecule has 2 saturated carbocycles. The number of fused-ring (bicyclic) bond motifs is 5. The van der Waals surface area contributed by atoms with Gasteiger partial charge in [-0.05, 0) is 60.0 Å². The predicted molar refractivity (Wildman–Crippen MR) is 98.7 cm³/mol. The first-order valence-electron chi connectivity index (χ1n) is 9.99. The molecule has 0 aromatic heterocycles. The van der Waals surface area contributed by atoms with Crippen LogP contribution in [0.2, 0.25) is 0 Å². The predicted octanol–water partition coefficient (Wildman–Crippen LogP) is 2.78. The second-order valence-corrected chi connectivity index (χ2v) is 9.51. The van der Waals surface area contributed by atoms with Crippen LogP contribution in [-0.2, 0) is 14.4 Å². The Kier molecular flexibility index (Phi) is 4.05. The van der Waals surface area contributed by atoms with Crippen LogP contribution in [0, 0.1) is 40.4 Å². The van der Waals surface area contributed by atoms with E-state index in [0.29, 0.717) is 12.8 Å². The molecule has 2 N–H and O–H groups in total. The number of hydrogen-bond donors (Lipinski definition) is 2. The molecule has 0 bridgehead atoms. The highest BCUT2D eigenvalue weighted by molar-refractivity contribution is 5.96. The molecule has 4 rings (SSSR count). The number of aliphatic hydroxyl groups is 1. The quantitative estimate of drug-likeness (QED) is 0.778. The third-order valence-corrected chi connectivity index (χ3v) is 8.48. The molecule has 4 aliphatic carbocycles. The van der Waals surface area contributed by atoms with Crippen LogP contribution in [0.4, 0.5) is 0 Å². The lowest BCUT2D eigenvalue weighted by Crippen LogP contribution is -2.55. The molecular formula is C22H28O5. The molecule has 0 radical (unpaired) electrons. The number of allylic oxidation sites excluding steroid dienone is 3. The van der Waals surface area contributed by atoms with Crippen LogP contribution in [0.1, 0.15) is 46.5 Å². The van der Waals surface area contributed by atoms with Crippen molar-refractivity contribution in [1.82, 2.24) is 0 Å². The van der Waals surface area contributed by atoms with E-state index in [1.165, 1.54) is 0 Å². The summed E-state index contributed by atoms with van der Waals surface area (Å²) in [5, 5.41) is 19.7. The number of aliphatic carboxylic acids is 1. The molecular weight excluding hydrogens is 344 g/mol. The van der Waals surface area contributed by atoms with Crippen molar-refractivity contribution >= 4 is 17.5 Å². The van der Waals surface area contributed by atoms with Gasteiger partial charge in [0, 0.05) is 11.8 Å². The second-order valence-electron chi connectivity index (χ2n) is 9.51. The Bertz CT molecular complexity index is 780. The summed E-state index contributed by atoms with van der Waals surface area (Å²) in [5.74, 6) is -1.23. The highest BCUT2D eigenvalue weighted by Gasteiger charge is 2.63. The van der Waals surface area contributed by atoms with E-state index in [-0.39, 0.29) is 40.7 Å². The summed E-state index contributed by atoms with van der Waals surface area (Å²) in [6.07, 6.45) is 7.06. The third-order valence-electron chi connectivity index (χ3n) is 8.48. The summed E-state index contributed by atoms with van der Waals surface area (Å²) in [7, 11) is 0. The van der Waals surface area contributed by atoms with Crippen molar-refractivity contribution in [2.45, 2.75) is 52.6 Å². The van der Waals surface area contributed by atoms with Crippen LogP contribution >= 0.6 is 0 Å². The van der Waals surface area contributed by atoms with Crippen molar-refractivity contribution in [3.8, 4) is 0 Å². The Morgan fingerprint density at radius 2 is 1.93 bits per heavy atom. The van der Waals surface area contributed by atoms with Crippen molar-refractivity contribution in [2.24, 2.45) is 40.4 Å². The van der Waals surface area contributed by atoms with Crippen LogP contribution < -0.4 is 0 Å². The van der Waals surface area contributed by atoms with Crippen molar-refractivity contribution in [3.63, 3.8) is 0 Å². The molecule has 2 fully saturated rings. The molecule has 5 heteroatoms. The van der Waals surface area contributed by atoms with Crippen molar-refractivity contribution in [1.29, 1.82) is 0 Å². The highest BCUT2D eigenvalue weighted by Crippen LogP contribution is 2.64. The van der Waals surface area contributed by atoms with Crippen LogP contribution in [0.25, 0.3) is 0 Å². The highest BCUT2D eigenvalue weighted by atomic mass is 16.4. The van der Waals surface area contributed by atoms with Gasteiger partial charge >= 0.3 is 5.97 Å². The minimum absolute atomic E-state index is 0.0564. The molecule has 0 spiro atoms. The van der Waals surface area contributed by atoms with E-state index < -0.39 is 23.4 Å². The zero-order chi connectivity index (χ0) is 19.7. The number of Topliss-reactive ketones (excluding diaryl/α,β-unsaturated/α-hetero) is 1. The Morgan fingerprint density at radius 1 is 1.22 bits per heavy atom. The van der Waals surface area contributed by atoms with Gasteiger partial charge < -0.3 is 10.2 Å². The summed E-state index contributed by atoms with van der Waals surface area (Å²) >= 11 is 0. The number of carbonyl (C=O) groups excluding carboxylic acids is 2. The normalized spacial score (nSPS) is 47.0. The van der Waals surface area contributed by atoms with E-state index in [1.807, 2.05) is 13.0 Å². The number of hydrogen-bond acceptors (Lipinski definition) is 4. The van der Waals surface area contributed by atoms with Crippen LogP contribution in [0.3, 0.4) is 0 Å². The summed E-state index contributed by atoms with van der Waals surface area (Å²) in [4.78, 5) is 36.9. The molecule has 0 aliphatic heterocycles. The average Bonchev–Trinajstić information content (AvgIpc) is 2.95. The Morgan fingerprint density at radius 3 is 2.59 bits per heavy atom. The minimum Gasteiger partial charge on any atom is -0.481 e. The Hall–Kier alpha value is -1.75. The van der Waals surface area contributed by atoms with Crippen molar-refractivity contribution < 1.29 is 24.6 Å². The monoisotopic (exact) mass is 372 g/mol. The molecule has 146 valence electrons. The van der Waals surface area contributed by atoms with Gasteiger partial charge in [0.1, 0.15) is 11.9 Å². The third kappa shape index (κ3) is 2.36. The number of carboxylic acid groups (broad SMARTS) is 1. The van der Waals surface area contributed by atoms with Gasteiger partial charge in [-0.1, -0.05) is 32.9 Å². The topological polar surface area (TPSA) is 91.7 Å². The number of aliphatic hydroxyl groups excluding tert-OH is 1. The summed E-state index contributed by atoms with van der Waals surface area (Å²) in [6.45, 7) is 5.77. The second kappa shape index (κ2) is 5.87. The zero-order valence-corrected chi connectivity index (χ0v) is 16.1. The van der Waals surface area contributed by atoms with Crippen molar-refractivity contribution in [3.05, 3.63) is 23.8 Å². The standard InChI is InChI=1S/C22H28O5/c1-11(20(26)27)14-6-7-15-13-5-4-12-8-17(23)18(24)10-21(12,2)16(13)9-19(25)22(14,15)3/h4-5,8,11,13-16,18,24H,6-7,9-10H2,1-3H3,(H,26,27)/t11-,13-,14+,15-,16-,18-,21-,22+/m0/s1. The number of carboxylic acids is 1. The maximum atomic E-state index is 13.4. The Balaban J connectivity index is 1.75. The fourth-order valence-electron chi connectivity index (χ4n) is 6.79. The maximum absolute atomic E-state index is 13.4. The van der Waals surface area contributed by atoms with Gasteiger partial charge in [-0.2, -0.15) is 0 Å². The lowest BCUT2D eigenvalue weighted by atomic mass is 9.47. The van der Waals surface area contributed by atoms with Crippen LogP contribution in [0.15, 0.2) is 23.8 Å². The molecule has 0 amide bonds. The van der Waals surface area contributed by atoms with E-state index in [9.17, 15) is 24.6 Å². The average molecular weight is 372 g/mol. The van der Waals surface area contributed by atoms with Gasteiger partial charge in [0.05, 0.1) is 5.92 Å². The smallest absolute Gasteiger partial charge is 0.306 e.